The molecule has 0 unspecified atom stereocenters. The Morgan fingerprint density at radius 3 is 2.61 bits per heavy atom. The average molecular weight is 521 g/mol. The molecule has 1 aliphatic rings. The summed E-state index contributed by atoms with van der Waals surface area (Å²) >= 11 is 3.62. The summed E-state index contributed by atoms with van der Waals surface area (Å²) in [5.74, 6) is -0.105. The molecule has 178 valence electrons. The van der Waals surface area contributed by atoms with Crippen LogP contribution in [-0.2, 0) is 9.47 Å². The first-order chi connectivity index (χ1) is 15.3. The van der Waals surface area contributed by atoms with Crippen molar-refractivity contribution in [2.75, 3.05) is 31.6 Å². The number of hydrogen-bond acceptors (Lipinski definition) is 8. The fraction of sp³-hybridized carbons (Fsp3) is 0.591. The molecule has 0 N–H and O–H groups in total. The fourth-order valence-electron chi connectivity index (χ4n) is 3.80. The minimum Gasteiger partial charge on any atom is -0.460 e. The van der Waals surface area contributed by atoms with Gasteiger partial charge >= 0.3 is 12.1 Å². The molecule has 0 saturated carbocycles. The second kappa shape index (κ2) is 8.82. The van der Waals surface area contributed by atoms with E-state index < -0.39 is 23.2 Å². The summed E-state index contributed by atoms with van der Waals surface area (Å²) in [6.45, 7) is 12.3. The van der Waals surface area contributed by atoms with Crippen LogP contribution in [0.5, 0.6) is 0 Å². The molecule has 0 radical (unpaired) electrons. The van der Waals surface area contributed by atoms with Gasteiger partial charge in [0.15, 0.2) is 5.65 Å². The number of carbonyl (C=O) groups is 2. The molecule has 3 rings (SSSR count). The maximum atomic E-state index is 12.7. The van der Waals surface area contributed by atoms with Crippen LogP contribution in [-0.4, -0.2) is 69.4 Å². The van der Waals surface area contributed by atoms with Crippen molar-refractivity contribution in [3.8, 4) is 6.07 Å². The van der Waals surface area contributed by atoms with E-state index in [-0.39, 0.29) is 18.1 Å². The van der Waals surface area contributed by atoms with E-state index >= 15 is 0 Å². The van der Waals surface area contributed by atoms with Gasteiger partial charge in [-0.1, -0.05) is 0 Å². The smallest absolute Gasteiger partial charge is 0.410 e. The summed E-state index contributed by atoms with van der Waals surface area (Å²) in [6.07, 6.45) is 0.298. The van der Waals surface area contributed by atoms with Crippen molar-refractivity contribution < 1.29 is 19.1 Å². The summed E-state index contributed by atoms with van der Waals surface area (Å²) in [7, 11) is 1.74. The molecule has 10 nitrogen and oxygen atoms in total. The first-order valence-corrected chi connectivity index (χ1v) is 11.5. The topological polar surface area (TPSA) is 113 Å². The molecule has 0 spiro atoms. The first-order valence-electron chi connectivity index (χ1n) is 10.7. The van der Waals surface area contributed by atoms with Gasteiger partial charge < -0.3 is 19.3 Å². The molecule has 1 aliphatic heterocycles. The molecule has 0 aliphatic carbocycles. The Balaban J connectivity index is 2.04. The minimum absolute atomic E-state index is 0.111. The lowest BCUT2D eigenvalue weighted by Gasteiger charge is -2.36. The molecule has 2 aromatic rings. The van der Waals surface area contributed by atoms with Gasteiger partial charge in [0.2, 0.25) is 0 Å². The zero-order chi connectivity index (χ0) is 24.7. The van der Waals surface area contributed by atoms with Gasteiger partial charge in [-0.05, 0) is 69.5 Å². The number of carbonyl (C=O) groups excluding carboxylic acids is 2. The lowest BCUT2D eigenvalue weighted by atomic mass is 10.0. The molecule has 33 heavy (non-hydrogen) atoms. The third kappa shape index (κ3) is 4.62. The number of likely N-dealkylation sites (N-methyl/N-ethyl adjacent to an activating group) is 1. The molecule has 0 bridgehead atoms. The number of rotatable bonds is 4. The molecule has 3 heterocycles. The molecular weight excluding hydrogens is 492 g/mol. The van der Waals surface area contributed by atoms with Crippen LogP contribution in [0.15, 0.2) is 4.47 Å². The lowest BCUT2D eigenvalue weighted by Crippen LogP contribution is -2.50. The molecular formula is C22H29BrN6O4. The Hall–Kier alpha value is -2.87. The number of aromatic nitrogens is 3. The van der Waals surface area contributed by atoms with Crippen LogP contribution in [0.4, 0.5) is 10.6 Å². The summed E-state index contributed by atoms with van der Waals surface area (Å²) in [6, 6.07) is 2.16. The van der Waals surface area contributed by atoms with Gasteiger partial charge in [-0.3, -0.25) is 0 Å². The lowest BCUT2D eigenvalue weighted by molar-refractivity contribution is 0.0116. The quantitative estimate of drug-likeness (QED) is 0.560. The van der Waals surface area contributed by atoms with Crippen LogP contribution in [0.3, 0.4) is 0 Å². The van der Waals surface area contributed by atoms with Crippen molar-refractivity contribution in [3.63, 3.8) is 0 Å². The van der Waals surface area contributed by atoms with Crippen molar-refractivity contribution in [2.45, 2.75) is 59.1 Å². The second-order valence-corrected chi connectivity index (χ2v) is 10.1. The van der Waals surface area contributed by atoms with Crippen LogP contribution >= 0.6 is 15.9 Å². The van der Waals surface area contributed by atoms with Gasteiger partial charge in [0.1, 0.15) is 23.1 Å². The highest BCUT2D eigenvalue weighted by Crippen LogP contribution is 2.38. The number of nitrogens with zero attached hydrogens (tertiary/aromatic N) is 6. The van der Waals surface area contributed by atoms with Crippen LogP contribution in [0, 0.1) is 18.3 Å². The van der Waals surface area contributed by atoms with Crippen molar-refractivity contribution in [1.82, 2.24) is 19.5 Å². The highest BCUT2D eigenvalue weighted by atomic mass is 79.9. The third-order valence-corrected chi connectivity index (χ3v) is 6.68. The maximum absolute atomic E-state index is 12.7. The predicted octanol–water partition coefficient (Wildman–Crippen LogP) is 3.68. The van der Waals surface area contributed by atoms with Crippen molar-refractivity contribution in [2.24, 2.45) is 0 Å². The van der Waals surface area contributed by atoms with Crippen LogP contribution < -0.4 is 4.90 Å². The normalized spacial score (nSPS) is 18.3. The number of fused-ring (bicyclic) bond motifs is 1. The average Bonchev–Trinajstić information content (AvgIpc) is 3.32. The number of esters is 1. The molecule has 1 fully saturated rings. The van der Waals surface area contributed by atoms with Crippen molar-refractivity contribution >= 4 is 39.5 Å². The second-order valence-electron chi connectivity index (χ2n) is 9.35. The number of amides is 1. The van der Waals surface area contributed by atoms with Gasteiger partial charge in [0.05, 0.1) is 16.6 Å². The number of hydrogen-bond donors (Lipinski definition) is 0. The zero-order valence-electron chi connectivity index (χ0n) is 20.0. The summed E-state index contributed by atoms with van der Waals surface area (Å²) in [5, 5.41) is 14.1. The maximum Gasteiger partial charge on any atom is 0.410 e. The molecule has 11 heteroatoms. The van der Waals surface area contributed by atoms with E-state index in [1.165, 1.54) is 4.52 Å². The van der Waals surface area contributed by atoms with Crippen molar-refractivity contribution in [3.05, 3.63) is 21.4 Å². The van der Waals surface area contributed by atoms with Gasteiger partial charge in [0.25, 0.3) is 5.82 Å². The Labute approximate surface area is 201 Å². The van der Waals surface area contributed by atoms with E-state index in [9.17, 15) is 14.9 Å². The van der Waals surface area contributed by atoms with Gasteiger partial charge in [-0.2, -0.15) is 14.8 Å². The molecule has 1 amide bonds. The Bertz CT molecular complexity index is 1150. The van der Waals surface area contributed by atoms with Gasteiger partial charge in [-0.25, -0.2) is 9.59 Å². The Kier molecular flexibility index (Phi) is 6.62. The standard InChI is InChI=1S/C22H29BrN6O4/c1-8-32-19(30)16-25-17-14(11-24)13(2)15(23)18(29(17)26-16)28-10-9-22(6,12-28)27(7)20(31)33-21(3,4)5/h8-10,12H2,1-7H3/t22-/m0/s1. The number of nitriles is 1. The van der Waals surface area contributed by atoms with Gasteiger partial charge in [0, 0.05) is 20.1 Å². The van der Waals surface area contributed by atoms with E-state index in [1.54, 1.807) is 18.9 Å². The summed E-state index contributed by atoms with van der Waals surface area (Å²) in [4.78, 5) is 33.0. The Morgan fingerprint density at radius 2 is 2.03 bits per heavy atom. The summed E-state index contributed by atoms with van der Waals surface area (Å²) < 4.78 is 12.8. The van der Waals surface area contributed by atoms with E-state index in [0.717, 1.165) is 0 Å². The number of ether oxygens (including phenoxy) is 2. The first kappa shape index (κ1) is 24.8. The number of pyridine rings is 1. The molecule has 1 saturated heterocycles. The van der Waals surface area contributed by atoms with Crippen LogP contribution in [0.2, 0.25) is 0 Å². The van der Waals surface area contributed by atoms with Crippen LogP contribution in [0.1, 0.15) is 62.8 Å². The Morgan fingerprint density at radius 1 is 1.36 bits per heavy atom. The van der Waals surface area contributed by atoms with E-state index in [0.29, 0.717) is 40.9 Å². The van der Waals surface area contributed by atoms with E-state index in [2.05, 4.69) is 37.0 Å². The van der Waals surface area contributed by atoms with Crippen molar-refractivity contribution in [1.29, 1.82) is 5.26 Å². The fourth-order valence-corrected chi connectivity index (χ4v) is 4.42. The largest absolute Gasteiger partial charge is 0.460 e. The monoisotopic (exact) mass is 520 g/mol. The SMILES string of the molecule is CCOC(=O)c1nc2c(C#N)c(C)c(Br)c(N3CC[C@](C)(N(C)C(=O)OC(C)(C)C)C3)n2n1. The highest BCUT2D eigenvalue weighted by Gasteiger charge is 2.42. The third-order valence-electron chi connectivity index (χ3n) is 5.73. The highest BCUT2D eigenvalue weighted by molar-refractivity contribution is 9.10. The molecule has 2 aromatic heterocycles. The molecule has 0 aromatic carbocycles. The predicted molar refractivity (Wildman–Crippen MR) is 125 cm³/mol. The van der Waals surface area contributed by atoms with Crippen LogP contribution in [0.25, 0.3) is 5.65 Å². The molecule has 1 atom stereocenters. The summed E-state index contributed by atoms with van der Waals surface area (Å²) in [5.41, 5.74) is 0.202. The number of anilines is 1. The zero-order valence-corrected chi connectivity index (χ0v) is 21.6. The number of halogens is 1. The van der Waals surface area contributed by atoms with Gasteiger partial charge in [-0.15, -0.1) is 5.10 Å². The van der Waals surface area contributed by atoms with E-state index in [4.69, 9.17) is 9.47 Å². The van der Waals surface area contributed by atoms with E-state index in [1.807, 2.05) is 34.6 Å². The minimum atomic E-state index is -0.652.